The van der Waals surface area contributed by atoms with Gasteiger partial charge in [0.1, 0.15) is 5.84 Å². The van der Waals surface area contributed by atoms with E-state index in [0.29, 0.717) is 6.04 Å². The number of unbranched alkanes of at least 4 members (excludes halogenated alkanes) is 1. The second-order valence-corrected chi connectivity index (χ2v) is 5.09. The average Bonchev–Trinajstić information content (AvgIpc) is 3.03. The van der Waals surface area contributed by atoms with E-state index in [4.69, 9.17) is 0 Å². The van der Waals surface area contributed by atoms with Crippen molar-refractivity contribution < 1.29 is 0 Å². The van der Waals surface area contributed by atoms with Crippen molar-refractivity contribution >= 4 is 11.5 Å². The Kier molecular flexibility index (Phi) is 3.22. The van der Waals surface area contributed by atoms with E-state index in [1.165, 1.54) is 29.9 Å². The molecule has 0 aromatic heterocycles. The molecule has 0 amide bonds. The highest BCUT2D eigenvalue weighted by Crippen LogP contribution is 2.32. The van der Waals surface area contributed by atoms with E-state index >= 15 is 0 Å². The van der Waals surface area contributed by atoms with Crippen LogP contribution < -0.4 is 10.2 Å². The van der Waals surface area contributed by atoms with Crippen molar-refractivity contribution in [3.8, 4) is 0 Å². The van der Waals surface area contributed by atoms with E-state index in [0.717, 1.165) is 26.1 Å². The predicted molar refractivity (Wildman–Crippen MR) is 76.5 cm³/mol. The molecule has 1 N–H and O–H groups in total. The summed E-state index contributed by atoms with van der Waals surface area (Å²) < 4.78 is 0. The van der Waals surface area contributed by atoms with Crippen molar-refractivity contribution in [2.75, 3.05) is 24.5 Å². The molecule has 18 heavy (non-hydrogen) atoms. The molecule has 0 spiro atoms. The Labute approximate surface area is 109 Å². The first kappa shape index (κ1) is 11.6. The van der Waals surface area contributed by atoms with Crippen molar-refractivity contribution in [3.05, 3.63) is 29.8 Å². The van der Waals surface area contributed by atoms with Crippen LogP contribution in [0.5, 0.6) is 0 Å². The maximum atomic E-state index is 4.62. The summed E-state index contributed by atoms with van der Waals surface area (Å²) in [6, 6.07) is 9.23. The van der Waals surface area contributed by atoms with Gasteiger partial charge in [0.15, 0.2) is 0 Å². The molecule has 0 bridgehead atoms. The summed E-state index contributed by atoms with van der Waals surface area (Å²) >= 11 is 0. The molecule has 1 atom stereocenters. The number of para-hydroxylation sites is 1. The minimum atomic E-state index is 0.441. The number of nitrogens with one attached hydrogen (secondary N) is 1. The Bertz CT molecular complexity index is 453. The Morgan fingerprint density at radius 1 is 1.39 bits per heavy atom. The van der Waals surface area contributed by atoms with Crippen LogP contribution in [0.1, 0.15) is 25.3 Å². The fourth-order valence-electron chi connectivity index (χ4n) is 2.94. The Balaban J connectivity index is 1.86. The molecule has 96 valence electrons. The summed E-state index contributed by atoms with van der Waals surface area (Å²) in [5.41, 5.74) is 2.88. The third-order valence-electron chi connectivity index (χ3n) is 3.86. The highest BCUT2D eigenvalue weighted by atomic mass is 15.2. The second kappa shape index (κ2) is 5.01. The molecule has 0 saturated carbocycles. The fraction of sp³-hybridized carbons (Fsp3) is 0.533. The summed E-state index contributed by atoms with van der Waals surface area (Å²) in [5.74, 6) is 1.20. The molecule has 0 saturated heterocycles. The minimum Gasteiger partial charge on any atom is -0.370 e. The summed E-state index contributed by atoms with van der Waals surface area (Å²) in [6.07, 6.45) is 3.59. The van der Waals surface area contributed by atoms with Gasteiger partial charge in [-0.25, -0.2) is 0 Å². The van der Waals surface area contributed by atoms with Gasteiger partial charge in [-0.1, -0.05) is 31.5 Å². The molecule has 2 aliphatic heterocycles. The number of amidine groups is 1. The zero-order valence-electron chi connectivity index (χ0n) is 11.0. The standard InChI is InChI=1S/C15H21N3/c1-2-3-10-18-13-7-5-4-6-12(13)11-14(18)15-16-8-9-17-15/h4-7,14H,2-3,8-11H2,1H3,(H,16,17). The zero-order valence-corrected chi connectivity index (χ0v) is 11.0. The molecule has 2 heterocycles. The van der Waals surface area contributed by atoms with E-state index in [-0.39, 0.29) is 0 Å². The number of nitrogens with zero attached hydrogens (tertiary/aromatic N) is 2. The van der Waals surface area contributed by atoms with Gasteiger partial charge in [0, 0.05) is 25.2 Å². The van der Waals surface area contributed by atoms with E-state index in [1.54, 1.807) is 0 Å². The average molecular weight is 243 g/mol. The van der Waals surface area contributed by atoms with Crippen LogP contribution in [0.25, 0.3) is 0 Å². The lowest BCUT2D eigenvalue weighted by molar-refractivity contribution is 0.688. The first-order valence-corrected chi connectivity index (χ1v) is 7.03. The number of aliphatic imine (C=N–C) groups is 1. The van der Waals surface area contributed by atoms with E-state index in [2.05, 4.69) is 46.4 Å². The fourth-order valence-corrected chi connectivity index (χ4v) is 2.94. The molecule has 1 aromatic rings. The Hall–Kier alpha value is -1.51. The maximum Gasteiger partial charge on any atom is 0.120 e. The van der Waals surface area contributed by atoms with Crippen LogP contribution in [-0.4, -0.2) is 31.5 Å². The third kappa shape index (κ3) is 1.98. The van der Waals surface area contributed by atoms with Crippen LogP contribution in [-0.2, 0) is 6.42 Å². The summed E-state index contributed by atoms with van der Waals surface area (Å²) in [7, 11) is 0. The molecule has 3 rings (SSSR count). The number of rotatable bonds is 4. The van der Waals surface area contributed by atoms with Crippen molar-refractivity contribution in [2.45, 2.75) is 32.2 Å². The van der Waals surface area contributed by atoms with Gasteiger partial charge in [-0.05, 0) is 18.1 Å². The lowest BCUT2D eigenvalue weighted by Crippen LogP contribution is -2.44. The molecular weight excluding hydrogens is 222 g/mol. The van der Waals surface area contributed by atoms with Gasteiger partial charge < -0.3 is 10.2 Å². The van der Waals surface area contributed by atoms with Crippen LogP contribution in [0.4, 0.5) is 5.69 Å². The van der Waals surface area contributed by atoms with Gasteiger partial charge in [0.2, 0.25) is 0 Å². The number of hydrogen-bond acceptors (Lipinski definition) is 3. The lowest BCUT2D eigenvalue weighted by atomic mass is 10.1. The molecule has 0 fully saturated rings. The Morgan fingerprint density at radius 3 is 3.06 bits per heavy atom. The molecule has 3 nitrogen and oxygen atoms in total. The minimum absolute atomic E-state index is 0.441. The first-order chi connectivity index (χ1) is 8.90. The second-order valence-electron chi connectivity index (χ2n) is 5.09. The first-order valence-electron chi connectivity index (χ1n) is 7.03. The smallest absolute Gasteiger partial charge is 0.120 e. The number of fused-ring (bicyclic) bond motifs is 1. The van der Waals surface area contributed by atoms with Gasteiger partial charge in [-0.3, -0.25) is 4.99 Å². The summed E-state index contributed by atoms with van der Waals surface area (Å²) in [6.45, 7) is 5.33. The quantitative estimate of drug-likeness (QED) is 0.878. The van der Waals surface area contributed by atoms with Crippen LogP contribution in [0.15, 0.2) is 29.3 Å². The van der Waals surface area contributed by atoms with Crippen molar-refractivity contribution in [3.63, 3.8) is 0 Å². The highest BCUT2D eigenvalue weighted by molar-refractivity contribution is 5.93. The third-order valence-corrected chi connectivity index (χ3v) is 3.86. The summed E-state index contributed by atoms with van der Waals surface area (Å²) in [4.78, 5) is 7.16. The molecule has 0 aliphatic carbocycles. The highest BCUT2D eigenvalue weighted by Gasteiger charge is 2.32. The van der Waals surface area contributed by atoms with Gasteiger partial charge in [0.25, 0.3) is 0 Å². The van der Waals surface area contributed by atoms with Crippen LogP contribution in [0, 0.1) is 0 Å². The summed E-state index contributed by atoms with van der Waals surface area (Å²) in [5, 5.41) is 3.45. The predicted octanol–water partition coefficient (Wildman–Crippen LogP) is 2.22. The largest absolute Gasteiger partial charge is 0.370 e. The van der Waals surface area contributed by atoms with Gasteiger partial charge in [-0.15, -0.1) is 0 Å². The van der Waals surface area contributed by atoms with Crippen molar-refractivity contribution in [2.24, 2.45) is 4.99 Å². The molecule has 1 aromatic carbocycles. The number of benzene rings is 1. The van der Waals surface area contributed by atoms with Crippen molar-refractivity contribution in [1.29, 1.82) is 0 Å². The molecule has 3 heteroatoms. The van der Waals surface area contributed by atoms with Crippen LogP contribution in [0.2, 0.25) is 0 Å². The maximum absolute atomic E-state index is 4.62. The van der Waals surface area contributed by atoms with Gasteiger partial charge >= 0.3 is 0 Å². The number of anilines is 1. The van der Waals surface area contributed by atoms with Crippen LogP contribution in [0.3, 0.4) is 0 Å². The normalized spacial score (nSPS) is 21.7. The van der Waals surface area contributed by atoms with E-state index in [9.17, 15) is 0 Å². The topological polar surface area (TPSA) is 27.6 Å². The van der Waals surface area contributed by atoms with E-state index in [1.807, 2.05) is 0 Å². The molecular formula is C15H21N3. The SMILES string of the molecule is CCCCN1c2ccccc2CC1C1=NCCN1. The zero-order chi connectivity index (χ0) is 12.4. The molecule has 0 radical (unpaired) electrons. The monoisotopic (exact) mass is 243 g/mol. The molecule has 2 aliphatic rings. The number of hydrogen-bond donors (Lipinski definition) is 1. The van der Waals surface area contributed by atoms with Gasteiger partial charge in [-0.2, -0.15) is 0 Å². The van der Waals surface area contributed by atoms with Crippen LogP contribution >= 0.6 is 0 Å². The molecule has 1 unspecified atom stereocenters. The lowest BCUT2D eigenvalue weighted by Gasteiger charge is -2.27. The Morgan fingerprint density at radius 2 is 2.28 bits per heavy atom. The van der Waals surface area contributed by atoms with Gasteiger partial charge in [0.05, 0.1) is 12.6 Å². The van der Waals surface area contributed by atoms with E-state index < -0.39 is 0 Å². The van der Waals surface area contributed by atoms with Crippen molar-refractivity contribution in [1.82, 2.24) is 5.32 Å².